The predicted octanol–water partition coefficient (Wildman–Crippen LogP) is 2.21. The van der Waals surface area contributed by atoms with Crippen molar-refractivity contribution < 1.29 is 21.6 Å². The summed E-state index contributed by atoms with van der Waals surface area (Å²) in [6, 6.07) is 0.802. The number of aromatic nitrogens is 1. The van der Waals surface area contributed by atoms with Crippen molar-refractivity contribution in [2.45, 2.75) is 12.6 Å². The lowest BCUT2D eigenvalue weighted by Gasteiger charge is -2.10. The van der Waals surface area contributed by atoms with E-state index in [1.54, 1.807) is 0 Å². The van der Waals surface area contributed by atoms with Crippen molar-refractivity contribution >= 4 is 19.7 Å². The minimum Gasteiger partial charge on any atom is -0.264 e. The second-order valence-corrected chi connectivity index (χ2v) is 5.92. The molecule has 16 heavy (non-hydrogen) atoms. The van der Waals surface area contributed by atoms with E-state index in [4.69, 9.17) is 10.7 Å². The Hall–Kier alpha value is -0.820. The number of aryl methyl sites for hydroxylation is 1. The van der Waals surface area contributed by atoms with E-state index >= 15 is 0 Å². The van der Waals surface area contributed by atoms with E-state index in [0.29, 0.717) is 0 Å². The fourth-order valence-corrected chi connectivity index (χ4v) is 1.83. The maximum Gasteiger partial charge on any atom is 0.416 e. The first-order valence-corrected chi connectivity index (χ1v) is 6.60. The second-order valence-electron chi connectivity index (χ2n) is 3.02. The Kier molecular flexibility index (Phi) is 3.80. The van der Waals surface area contributed by atoms with E-state index < -0.39 is 26.5 Å². The van der Waals surface area contributed by atoms with E-state index in [0.717, 1.165) is 18.5 Å². The van der Waals surface area contributed by atoms with Crippen molar-refractivity contribution in [3.8, 4) is 0 Å². The quantitative estimate of drug-likeness (QED) is 0.793. The van der Waals surface area contributed by atoms with Crippen LogP contribution in [0.1, 0.15) is 11.1 Å². The van der Waals surface area contributed by atoms with Gasteiger partial charge >= 0.3 is 6.18 Å². The van der Waals surface area contributed by atoms with Crippen LogP contribution in [0.25, 0.3) is 0 Å². The maximum atomic E-state index is 12.5. The van der Waals surface area contributed by atoms with Gasteiger partial charge in [0.05, 0.1) is 11.3 Å². The third-order valence-corrected chi connectivity index (χ3v) is 2.98. The smallest absolute Gasteiger partial charge is 0.264 e. The highest BCUT2D eigenvalue weighted by Crippen LogP contribution is 2.31. The highest BCUT2D eigenvalue weighted by Gasteiger charge is 2.33. The number of alkyl halides is 3. The molecule has 0 radical (unpaired) electrons. The molecular weight excluding hydrogens is 267 g/mol. The molecule has 0 unspecified atom stereocenters. The van der Waals surface area contributed by atoms with Crippen molar-refractivity contribution in [3.05, 3.63) is 29.6 Å². The molecule has 1 aromatic heterocycles. The molecule has 0 N–H and O–H groups in total. The van der Waals surface area contributed by atoms with Gasteiger partial charge in [-0.15, -0.1) is 0 Å². The summed E-state index contributed by atoms with van der Waals surface area (Å²) in [6.07, 6.45) is -2.84. The number of hydrogen-bond donors (Lipinski definition) is 0. The SMILES string of the molecule is O=S(=O)(Cl)CCc1cnccc1C(F)(F)F. The van der Waals surface area contributed by atoms with E-state index in [-0.39, 0.29) is 12.0 Å². The molecule has 0 spiro atoms. The summed E-state index contributed by atoms with van der Waals surface area (Å²) in [4.78, 5) is 3.52. The monoisotopic (exact) mass is 273 g/mol. The average molecular weight is 274 g/mol. The summed E-state index contributed by atoms with van der Waals surface area (Å²) >= 11 is 0. The van der Waals surface area contributed by atoms with Gasteiger partial charge in [0, 0.05) is 23.1 Å². The van der Waals surface area contributed by atoms with E-state index in [1.165, 1.54) is 0 Å². The predicted molar refractivity (Wildman–Crippen MR) is 52.6 cm³/mol. The zero-order chi connectivity index (χ0) is 12.4. The molecule has 0 aliphatic rings. The molecule has 0 aromatic carbocycles. The number of hydrogen-bond acceptors (Lipinski definition) is 3. The molecule has 3 nitrogen and oxygen atoms in total. The molecule has 1 rings (SSSR count). The van der Waals surface area contributed by atoms with Crippen LogP contribution in [-0.4, -0.2) is 19.2 Å². The Morgan fingerprint density at radius 2 is 2.00 bits per heavy atom. The zero-order valence-electron chi connectivity index (χ0n) is 7.83. The van der Waals surface area contributed by atoms with Crippen molar-refractivity contribution in [1.82, 2.24) is 4.98 Å². The van der Waals surface area contributed by atoms with Gasteiger partial charge in [0.2, 0.25) is 9.05 Å². The third kappa shape index (κ3) is 3.97. The van der Waals surface area contributed by atoms with E-state index in [1.807, 2.05) is 0 Å². The second kappa shape index (κ2) is 4.58. The summed E-state index contributed by atoms with van der Waals surface area (Å²) in [6.45, 7) is 0. The van der Waals surface area contributed by atoms with Crippen molar-refractivity contribution in [3.63, 3.8) is 0 Å². The molecule has 0 saturated heterocycles. The number of pyridine rings is 1. The average Bonchev–Trinajstić information content (AvgIpc) is 2.12. The Labute approximate surface area is 94.7 Å². The number of rotatable bonds is 3. The normalized spacial score (nSPS) is 12.8. The Bertz CT molecular complexity index is 472. The number of halogens is 4. The van der Waals surface area contributed by atoms with Gasteiger partial charge in [-0.2, -0.15) is 13.2 Å². The molecule has 0 bridgehead atoms. The summed E-state index contributed by atoms with van der Waals surface area (Å²) in [5.41, 5.74) is -1.07. The number of nitrogens with zero attached hydrogens (tertiary/aromatic N) is 1. The van der Waals surface area contributed by atoms with Gasteiger partial charge in [-0.25, -0.2) is 8.42 Å². The van der Waals surface area contributed by atoms with Gasteiger partial charge in [0.1, 0.15) is 0 Å². The first kappa shape index (κ1) is 13.2. The molecule has 0 fully saturated rings. The third-order valence-electron chi connectivity index (χ3n) is 1.82. The minimum atomic E-state index is -4.52. The lowest BCUT2D eigenvalue weighted by Crippen LogP contribution is -2.12. The molecule has 0 aliphatic carbocycles. The van der Waals surface area contributed by atoms with Gasteiger partial charge in [0.15, 0.2) is 0 Å². The van der Waals surface area contributed by atoms with Gasteiger partial charge < -0.3 is 0 Å². The highest BCUT2D eigenvalue weighted by molar-refractivity contribution is 8.13. The van der Waals surface area contributed by atoms with Crippen LogP contribution in [0.4, 0.5) is 13.2 Å². The van der Waals surface area contributed by atoms with Gasteiger partial charge in [-0.05, 0) is 18.1 Å². The molecule has 0 amide bonds. The standard InChI is InChI=1S/C8H7ClF3NO2S/c9-16(14,15)4-2-6-5-13-3-1-7(6)8(10,11)12/h1,3,5H,2,4H2. The molecule has 1 aromatic rings. The van der Waals surface area contributed by atoms with Crippen LogP contribution in [0.5, 0.6) is 0 Å². The molecule has 8 heteroatoms. The van der Waals surface area contributed by atoms with E-state index in [2.05, 4.69) is 4.98 Å². The van der Waals surface area contributed by atoms with Crippen LogP contribution in [0, 0.1) is 0 Å². The molecule has 0 aliphatic heterocycles. The van der Waals surface area contributed by atoms with Crippen LogP contribution in [-0.2, 0) is 21.6 Å². The van der Waals surface area contributed by atoms with Gasteiger partial charge in [-0.3, -0.25) is 4.98 Å². The van der Waals surface area contributed by atoms with Crippen molar-refractivity contribution in [1.29, 1.82) is 0 Å². The molecule has 1 heterocycles. The summed E-state index contributed by atoms with van der Waals surface area (Å²) in [7, 11) is 1.11. The molecule has 0 atom stereocenters. The van der Waals surface area contributed by atoms with Gasteiger partial charge in [0.25, 0.3) is 0 Å². The van der Waals surface area contributed by atoms with Gasteiger partial charge in [-0.1, -0.05) is 0 Å². The highest BCUT2D eigenvalue weighted by atomic mass is 35.7. The van der Waals surface area contributed by atoms with Crippen LogP contribution in [0.2, 0.25) is 0 Å². The first-order valence-electron chi connectivity index (χ1n) is 4.12. The topological polar surface area (TPSA) is 47.0 Å². The summed E-state index contributed by atoms with van der Waals surface area (Å²) in [5, 5.41) is 0. The zero-order valence-corrected chi connectivity index (χ0v) is 9.40. The molecular formula is C8H7ClF3NO2S. The largest absolute Gasteiger partial charge is 0.416 e. The lowest BCUT2D eigenvalue weighted by atomic mass is 10.1. The fraction of sp³-hybridized carbons (Fsp3) is 0.375. The van der Waals surface area contributed by atoms with E-state index in [9.17, 15) is 21.6 Å². The summed E-state index contributed by atoms with van der Waals surface area (Å²) < 4.78 is 58.6. The van der Waals surface area contributed by atoms with Crippen LogP contribution in [0.3, 0.4) is 0 Å². The minimum absolute atomic E-state index is 0.181. The van der Waals surface area contributed by atoms with Crippen LogP contribution < -0.4 is 0 Å². The fourth-order valence-electron chi connectivity index (χ4n) is 1.13. The maximum absolute atomic E-state index is 12.5. The van der Waals surface area contributed by atoms with Crippen LogP contribution >= 0.6 is 10.7 Å². The Morgan fingerprint density at radius 3 is 2.50 bits per heavy atom. The lowest BCUT2D eigenvalue weighted by molar-refractivity contribution is -0.138. The van der Waals surface area contributed by atoms with Crippen molar-refractivity contribution in [2.24, 2.45) is 0 Å². The molecule has 90 valence electrons. The summed E-state index contributed by atoms with van der Waals surface area (Å²) in [5.74, 6) is -0.552. The Morgan fingerprint density at radius 1 is 1.38 bits per heavy atom. The first-order chi connectivity index (χ1) is 7.20. The van der Waals surface area contributed by atoms with Crippen LogP contribution in [0.15, 0.2) is 18.5 Å². The molecule has 0 saturated carbocycles. The van der Waals surface area contributed by atoms with Crippen molar-refractivity contribution in [2.75, 3.05) is 5.75 Å². The Balaban J connectivity index is 2.97.